The Bertz CT molecular complexity index is 501. The fraction of sp³-hybridized carbons (Fsp3) is 0.533. The summed E-state index contributed by atoms with van der Waals surface area (Å²) in [6.45, 7) is 5.61. The summed E-state index contributed by atoms with van der Waals surface area (Å²) < 4.78 is 31.8. The largest absolute Gasteiger partial charge is 0.383 e. The van der Waals surface area contributed by atoms with Crippen LogP contribution in [0.25, 0.3) is 0 Å². The van der Waals surface area contributed by atoms with Crippen molar-refractivity contribution in [1.29, 1.82) is 0 Å². The lowest BCUT2D eigenvalue weighted by Gasteiger charge is -2.33. The maximum absolute atomic E-state index is 14.0. The average molecular weight is 300 g/mol. The zero-order chi connectivity index (χ0) is 16.2. The van der Waals surface area contributed by atoms with Crippen molar-refractivity contribution in [2.24, 2.45) is 11.1 Å². The number of carbonyl (C=O) groups excluding carboxylic acids is 1. The number of halogens is 2. The summed E-state index contributed by atoms with van der Waals surface area (Å²) >= 11 is 0. The van der Waals surface area contributed by atoms with E-state index in [0.29, 0.717) is 0 Å². The lowest BCUT2D eigenvalue weighted by atomic mass is 9.82. The highest BCUT2D eigenvalue weighted by Crippen LogP contribution is 2.34. The van der Waals surface area contributed by atoms with E-state index in [1.54, 1.807) is 0 Å². The van der Waals surface area contributed by atoms with E-state index in [9.17, 15) is 13.6 Å². The normalized spacial score (nSPS) is 14.6. The molecule has 2 atom stereocenters. The van der Waals surface area contributed by atoms with Crippen LogP contribution in [0.5, 0.6) is 0 Å². The third kappa shape index (κ3) is 4.75. The Hall–Kier alpha value is -1.53. The summed E-state index contributed by atoms with van der Waals surface area (Å²) in [6, 6.07) is 1.83. The van der Waals surface area contributed by atoms with Gasteiger partial charge in [-0.1, -0.05) is 26.8 Å². The van der Waals surface area contributed by atoms with Crippen LogP contribution < -0.4 is 11.1 Å². The highest BCUT2D eigenvalue weighted by Gasteiger charge is 2.31. The first-order valence-electron chi connectivity index (χ1n) is 6.66. The Labute approximate surface area is 123 Å². The van der Waals surface area contributed by atoms with Gasteiger partial charge < -0.3 is 15.8 Å². The molecule has 3 N–H and O–H groups in total. The summed E-state index contributed by atoms with van der Waals surface area (Å²) in [5.41, 5.74) is 5.42. The van der Waals surface area contributed by atoms with Crippen molar-refractivity contribution in [2.75, 3.05) is 13.7 Å². The SMILES string of the molecule is COCC(N)C(=O)NC(c1ccc(F)cc1F)C(C)(C)C. The molecule has 1 aromatic carbocycles. The first-order valence-corrected chi connectivity index (χ1v) is 6.66. The molecular weight excluding hydrogens is 278 g/mol. The van der Waals surface area contributed by atoms with Crippen molar-refractivity contribution in [3.05, 3.63) is 35.4 Å². The van der Waals surface area contributed by atoms with Crippen LogP contribution in [0.1, 0.15) is 32.4 Å². The van der Waals surface area contributed by atoms with Crippen LogP contribution in [0.15, 0.2) is 18.2 Å². The van der Waals surface area contributed by atoms with Gasteiger partial charge in [-0.05, 0) is 11.5 Å². The molecule has 0 saturated carbocycles. The zero-order valence-electron chi connectivity index (χ0n) is 12.7. The van der Waals surface area contributed by atoms with Crippen molar-refractivity contribution < 1.29 is 18.3 Å². The molecule has 0 aliphatic carbocycles. The van der Waals surface area contributed by atoms with Crippen LogP contribution in [-0.2, 0) is 9.53 Å². The van der Waals surface area contributed by atoms with Gasteiger partial charge in [0.15, 0.2) is 0 Å². The van der Waals surface area contributed by atoms with Crippen LogP contribution in [0.2, 0.25) is 0 Å². The van der Waals surface area contributed by atoms with Gasteiger partial charge in [-0.2, -0.15) is 0 Å². The van der Waals surface area contributed by atoms with E-state index in [-0.39, 0.29) is 12.2 Å². The van der Waals surface area contributed by atoms with Gasteiger partial charge >= 0.3 is 0 Å². The number of rotatable bonds is 5. The van der Waals surface area contributed by atoms with Crippen LogP contribution in [-0.4, -0.2) is 25.7 Å². The molecule has 0 aliphatic rings. The minimum Gasteiger partial charge on any atom is -0.383 e. The molecule has 0 saturated heterocycles. The minimum atomic E-state index is -0.844. The fourth-order valence-electron chi connectivity index (χ4n) is 2.00. The van der Waals surface area contributed by atoms with Crippen LogP contribution >= 0.6 is 0 Å². The maximum Gasteiger partial charge on any atom is 0.239 e. The smallest absolute Gasteiger partial charge is 0.239 e. The van der Waals surface area contributed by atoms with Gasteiger partial charge in [0.1, 0.15) is 17.7 Å². The number of methoxy groups -OCH3 is 1. The third-order valence-electron chi connectivity index (χ3n) is 3.11. The molecule has 0 radical (unpaired) electrons. The summed E-state index contributed by atoms with van der Waals surface area (Å²) in [5.74, 6) is -1.80. The number of hydrogen-bond acceptors (Lipinski definition) is 3. The molecule has 118 valence electrons. The summed E-state index contributed by atoms with van der Waals surface area (Å²) in [6.07, 6.45) is 0. The van der Waals surface area contributed by atoms with E-state index in [1.807, 2.05) is 20.8 Å². The lowest BCUT2D eigenvalue weighted by molar-refractivity contribution is -0.125. The Kier molecular flexibility index (Phi) is 5.80. The fourth-order valence-corrected chi connectivity index (χ4v) is 2.00. The molecule has 1 aromatic rings. The second-order valence-corrected chi connectivity index (χ2v) is 6.04. The van der Waals surface area contributed by atoms with Gasteiger partial charge in [0, 0.05) is 18.7 Å². The number of nitrogens with two attached hydrogens (primary N) is 1. The molecule has 0 heterocycles. The Balaban J connectivity index is 3.05. The van der Waals surface area contributed by atoms with Gasteiger partial charge in [-0.15, -0.1) is 0 Å². The van der Waals surface area contributed by atoms with E-state index in [4.69, 9.17) is 10.5 Å². The lowest BCUT2D eigenvalue weighted by Crippen LogP contribution is -2.47. The van der Waals surface area contributed by atoms with Gasteiger partial charge in [0.05, 0.1) is 12.6 Å². The van der Waals surface area contributed by atoms with Gasteiger partial charge in [0.25, 0.3) is 0 Å². The quantitative estimate of drug-likeness (QED) is 0.875. The van der Waals surface area contributed by atoms with E-state index in [2.05, 4.69) is 5.32 Å². The molecule has 0 fully saturated rings. The predicted molar refractivity (Wildman–Crippen MR) is 76.5 cm³/mol. The molecule has 2 unspecified atom stereocenters. The monoisotopic (exact) mass is 300 g/mol. The molecule has 1 rings (SSSR count). The first kappa shape index (κ1) is 17.5. The molecular formula is C15H22F2N2O2. The number of nitrogens with one attached hydrogen (secondary N) is 1. The van der Waals surface area contributed by atoms with E-state index < -0.39 is 35.0 Å². The van der Waals surface area contributed by atoms with Crippen LogP contribution in [0, 0.1) is 17.0 Å². The van der Waals surface area contributed by atoms with Crippen molar-refractivity contribution in [2.45, 2.75) is 32.9 Å². The van der Waals surface area contributed by atoms with E-state index >= 15 is 0 Å². The number of amides is 1. The zero-order valence-corrected chi connectivity index (χ0v) is 12.7. The molecule has 21 heavy (non-hydrogen) atoms. The standard InChI is InChI=1S/C15H22F2N2O2/c1-15(2,3)13(19-14(20)12(18)8-21-4)10-6-5-9(16)7-11(10)17/h5-7,12-13H,8,18H2,1-4H3,(H,19,20). The Morgan fingerprint density at radius 1 is 1.38 bits per heavy atom. The van der Waals surface area contributed by atoms with E-state index in [1.165, 1.54) is 19.2 Å². The van der Waals surface area contributed by atoms with Crippen molar-refractivity contribution >= 4 is 5.91 Å². The number of hydrogen-bond donors (Lipinski definition) is 2. The van der Waals surface area contributed by atoms with Crippen molar-refractivity contribution in [3.63, 3.8) is 0 Å². The van der Waals surface area contributed by atoms with Gasteiger partial charge in [-0.3, -0.25) is 4.79 Å². The average Bonchev–Trinajstić information content (AvgIpc) is 2.35. The van der Waals surface area contributed by atoms with Gasteiger partial charge in [0.2, 0.25) is 5.91 Å². The third-order valence-corrected chi connectivity index (χ3v) is 3.11. The molecule has 6 heteroatoms. The molecule has 0 bridgehead atoms. The summed E-state index contributed by atoms with van der Waals surface area (Å²) in [5, 5.41) is 2.71. The molecule has 0 aliphatic heterocycles. The summed E-state index contributed by atoms with van der Waals surface area (Å²) in [7, 11) is 1.44. The highest BCUT2D eigenvalue weighted by atomic mass is 19.1. The first-order chi connectivity index (χ1) is 9.66. The van der Waals surface area contributed by atoms with Crippen LogP contribution in [0.4, 0.5) is 8.78 Å². The minimum absolute atomic E-state index is 0.0641. The second-order valence-electron chi connectivity index (χ2n) is 6.04. The van der Waals surface area contributed by atoms with Crippen molar-refractivity contribution in [3.8, 4) is 0 Å². The summed E-state index contributed by atoms with van der Waals surface area (Å²) in [4.78, 5) is 12.0. The van der Waals surface area contributed by atoms with Gasteiger partial charge in [-0.25, -0.2) is 8.78 Å². The molecule has 1 amide bonds. The predicted octanol–water partition coefficient (Wildman–Crippen LogP) is 2.14. The number of carbonyl (C=O) groups is 1. The highest BCUT2D eigenvalue weighted by molar-refractivity contribution is 5.82. The molecule has 0 spiro atoms. The van der Waals surface area contributed by atoms with Crippen molar-refractivity contribution in [1.82, 2.24) is 5.32 Å². The topological polar surface area (TPSA) is 64.3 Å². The molecule has 0 aromatic heterocycles. The Morgan fingerprint density at radius 3 is 2.48 bits per heavy atom. The second kappa shape index (κ2) is 6.95. The number of ether oxygens (including phenoxy) is 1. The van der Waals surface area contributed by atoms with E-state index in [0.717, 1.165) is 6.07 Å². The Morgan fingerprint density at radius 2 is 2.00 bits per heavy atom. The molecule has 4 nitrogen and oxygen atoms in total. The number of benzene rings is 1. The van der Waals surface area contributed by atoms with Crippen LogP contribution in [0.3, 0.4) is 0 Å². The maximum atomic E-state index is 14.0.